The van der Waals surface area contributed by atoms with Crippen LogP contribution in [0.1, 0.15) is 26.3 Å². The maximum Gasteiger partial charge on any atom is 0.255 e. The average molecular weight is 456 g/mol. The standard InChI is InChI=1S/C24H22F2N2O5/c1-32-19-5-3-14(22(13-19)33-2)7-8-27-24(31)20-6-4-18(12-21(20)29)28-23(30)15-9-16(25)11-17(26)10-15/h3-6,9-13,29H,7-8H2,1-2H3,(H,27,31)(H,28,30). The molecule has 172 valence electrons. The van der Waals surface area contributed by atoms with E-state index in [1.165, 1.54) is 18.2 Å². The zero-order valence-electron chi connectivity index (χ0n) is 17.9. The first kappa shape index (κ1) is 23.5. The van der Waals surface area contributed by atoms with Crippen LogP contribution in [0.15, 0.2) is 54.6 Å². The molecule has 0 saturated carbocycles. The summed E-state index contributed by atoms with van der Waals surface area (Å²) in [4.78, 5) is 24.6. The molecule has 2 amide bonds. The Morgan fingerprint density at radius 1 is 0.909 bits per heavy atom. The summed E-state index contributed by atoms with van der Waals surface area (Å²) >= 11 is 0. The maximum absolute atomic E-state index is 13.3. The van der Waals surface area contributed by atoms with Crippen LogP contribution in [0.3, 0.4) is 0 Å². The molecule has 0 radical (unpaired) electrons. The third kappa shape index (κ3) is 5.97. The first-order valence-corrected chi connectivity index (χ1v) is 9.90. The van der Waals surface area contributed by atoms with Gasteiger partial charge in [-0.15, -0.1) is 0 Å². The van der Waals surface area contributed by atoms with Crippen molar-refractivity contribution in [2.45, 2.75) is 6.42 Å². The zero-order valence-corrected chi connectivity index (χ0v) is 17.9. The summed E-state index contributed by atoms with van der Waals surface area (Å²) < 4.78 is 37.1. The molecule has 0 saturated heterocycles. The summed E-state index contributed by atoms with van der Waals surface area (Å²) in [6, 6.07) is 11.7. The van der Waals surface area contributed by atoms with Gasteiger partial charge in [0.05, 0.1) is 19.8 Å². The fraction of sp³-hybridized carbons (Fsp3) is 0.167. The van der Waals surface area contributed by atoms with Crippen molar-refractivity contribution in [1.29, 1.82) is 0 Å². The van der Waals surface area contributed by atoms with Gasteiger partial charge in [-0.2, -0.15) is 0 Å². The van der Waals surface area contributed by atoms with Gasteiger partial charge in [0, 0.05) is 36.0 Å². The van der Waals surface area contributed by atoms with E-state index in [-0.39, 0.29) is 29.1 Å². The minimum atomic E-state index is -0.887. The van der Waals surface area contributed by atoms with E-state index in [1.54, 1.807) is 26.4 Å². The minimum absolute atomic E-state index is 0.00601. The largest absolute Gasteiger partial charge is 0.507 e. The molecule has 0 heterocycles. The third-order valence-electron chi connectivity index (χ3n) is 4.80. The summed E-state index contributed by atoms with van der Waals surface area (Å²) in [6.07, 6.45) is 0.484. The molecule has 0 aromatic heterocycles. The molecule has 3 aromatic rings. The van der Waals surface area contributed by atoms with Gasteiger partial charge in [-0.25, -0.2) is 8.78 Å². The number of phenols is 1. The predicted octanol–water partition coefficient (Wildman–Crippen LogP) is 3.91. The molecule has 0 aliphatic heterocycles. The van der Waals surface area contributed by atoms with E-state index < -0.39 is 23.4 Å². The van der Waals surface area contributed by atoms with Crippen LogP contribution < -0.4 is 20.1 Å². The van der Waals surface area contributed by atoms with E-state index >= 15 is 0 Å². The lowest BCUT2D eigenvalue weighted by Gasteiger charge is -2.12. The molecule has 9 heteroatoms. The van der Waals surface area contributed by atoms with Gasteiger partial charge >= 0.3 is 0 Å². The van der Waals surface area contributed by atoms with E-state index in [2.05, 4.69) is 10.6 Å². The molecule has 0 bridgehead atoms. The lowest BCUT2D eigenvalue weighted by Crippen LogP contribution is -2.26. The molecule has 0 atom stereocenters. The first-order valence-electron chi connectivity index (χ1n) is 9.90. The molecule has 7 nitrogen and oxygen atoms in total. The number of phenolic OH excluding ortho intramolecular Hbond substituents is 1. The van der Waals surface area contributed by atoms with Crippen LogP contribution in [-0.4, -0.2) is 37.7 Å². The van der Waals surface area contributed by atoms with Crippen molar-refractivity contribution < 1.29 is 33.0 Å². The molecule has 3 rings (SSSR count). The molecular formula is C24H22F2N2O5. The molecule has 0 spiro atoms. The Kier molecular flexibility index (Phi) is 7.45. The van der Waals surface area contributed by atoms with Crippen molar-refractivity contribution >= 4 is 17.5 Å². The van der Waals surface area contributed by atoms with Crippen molar-refractivity contribution in [3.05, 3.63) is 82.9 Å². The number of methoxy groups -OCH3 is 2. The second kappa shape index (κ2) is 10.4. The second-order valence-electron chi connectivity index (χ2n) is 7.03. The number of ether oxygens (including phenoxy) is 2. The summed E-state index contributed by atoms with van der Waals surface area (Å²) in [5.41, 5.74) is 0.811. The van der Waals surface area contributed by atoms with Gasteiger partial charge in [0.15, 0.2) is 0 Å². The molecular weight excluding hydrogens is 434 g/mol. The van der Waals surface area contributed by atoms with Crippen LogP contribution >= 0.6 is 0 Å². The third-order valence-corrected chi connectivity index (χ3v) is 4.80. The van der Waals surface area contributed by atoms with Crippen LogP contribution in [-0.2, 0) is 6.42 Å². The Bertz CT molecular complexity index is 1160. The first-order chi connectivity index (χ1) is 15.8. The minimum Gasteiger partial charge on any atom is -0.507 e. The lowest BCUT2D eigenvalue weighted by molar-refractivity contribution is 0.0950. The van der Waals surface area contributed by atoms with Gasteiger partial charge in [0.2, 0.25) is 0 Å². The highest BCUT2D eigenvalue weighted by Crippen LogP contribution is 2.25. The van der Waals surface area contributed by atoms with Crippen LogP contribution in [0.5, 0.6) is 17.2 Å². The molecule has 0 unspecified atom stereocenters. The van der Waals surface area contributed by atoms with E-state index in [4.69, 9.17) is 9.47 Å². The number of halogens is 2. The Hall–Kier alpha value is -4.14. The van der Waals surface area contributed by atoms with Crippen molar-refractivity contribution in [1.82, 2.24) is 5.32 Å². The number of carbonyl (C=O) groups is 2. The SMILES string of the molecule is COc1ccc(CCNC(=O)c2ccc(NC(=O)c3cc(F)cc(F)c3)cc2O)c(OC)c1. The van der Waals surface area contributed by atoms with Gasteiger partial charge in [0.1, 0.15) is 28.9 Å². The molecule has 3 aromatic carbocycles. The monoisotopic (exact) mass is 456 g/mol. The number of amides is 2. The number of carbonyl (C=O) groups excluding carboxylic acids is 2. The zero-order chi connectivity index (χ0) is 24.0. The number of nitrogens with one attached hydrogen (secondary N) is 2. The molecule has 0 fully saturated rings. The smallest absolute Gasteiger partial charge is 0.255 e. The van der Waals surface area contributed by atoms with Gasteiger partial charge in [0.25, 0.3) is 11.8 Å². The Morgan fingerprint density at radius 2 is 1.64 bits per heavy atom. The highest BCUT2D eigenvalue weighted by Gasteiger charge is 2.14. The molecule has 0 aliphatic carbocycles. The maximum atomic E-state index is 13.3. The van der Waals surface area contributed by atoms with Crippen LogP contribution in [0.25, 0.3) is 0 Å². The number of hydrogen-bond acceptors (Lipinski definition) is 5. The van der Waals surface area contributed by atoms with Crippen molar-refractivity contribution in [3.63, 3.8) is 0 Å². The van der Waals surface area contributed by atoms with Crippen molar-refractivity contribution in [2.24, 2.45) is 0 Å². The summed E-state index contributed by atoms with van der Waals surface area (Å²) in [5, 5.41) is 15.4. The normalized spacial score (nSPS) is 10.4. The summed E-state index contributed by atoms with van der Waals surface area (Å²) in [7, 11) is 3.10. The highest BCUT2D eigenvalue weighted by atomic mass is 19.1. The van der Waals surface area contributed by atoms with E-state index in [0.29, 0.717) is 24.0 Å². The van der Waals surface area contributed by atoms with Crippen molar-refractivity contribution in [2.75, 3.05) is 26.1 Å². The van der Waals surface area contributed by atoms with Crippen LogP contribution in [0.4, 0.5) is 14.5 Å². The second-order valence-corrected chi connectivity index (χ2v) is 7.03. The van der Waals surface area contributed by atoms with Crippen LogP contribution in [0.2, 0.25) is 0 Å². The molecule has 33 heavy (non-hydrogen) atoms. The molecule has 3 N–H and O–H groups in total. The number of anilines is 1. The van der Waals surface area contributed by atoms with E-state index in [9.17, 15) is 23.5 Å². The Morgan fingerprint density at radius 3 is 2.27 bits per heavy atom. The quantitative estimate of drug-likeness (QED) is 0.478. The Balaban J connectivity index is 1.61. The average Bonchev–Trinajstić information content (AvgIpc) is 2.78. The number of aromatic hydroxyl groups is 1. The fourth-order valence-corrected chi connectivity index (χ4v) is 3.15. The highest BCUT2D eigenvalue weighted by molar-refractivity contribution is 6.05. The number of benzene rings is 3. The molecule has 0 aliphatic rings. The van der Waals surface area contributed by atoms with Gasteiger partial charge in [-0.05, 0) is 42.3 Å². The van der Waals surface area contributed by atoms with Crippen LogP contribution in [0, 0.1) is 11.6 Å². The summed E-state index contributed by atoms with van der Waals surface area (Å²) in [6.45, 7) is 0.282. The van der Waals surface area contributed by atoms with Gasteiger partial charge in [-0.3, -0.25) is 9.59 Å². The van der Waals surface area contributed by atoms with Gasteiger partial charge in [-0.1, -0.05) is 6.07 Å². The van der Waals surface area contributed by atoms with E-state index in [0.717, 1.165) is 17.7 Å². The topological polar surface area (TPSA) is 96.9 Å². The van der Waals surface area contributed by atoms with Gasteiger partial charge < -0.3 is 25.2 Å². The Labute approximate surface area is 189 Å². The van der Waals surface area contributed by atoms with E-state index in [1.807, 2.05) is 6.07 Å². The predicted molar refractivity (Wildman–Crippen MR) is 118 cm³/mol. The lowest BCUT2D eigenvalue weighted by atomic mass is 10.1. The number of hydrogen-bond donors (Lipinski definition) is 3. The number of rotatable bonds is 8. The summed E-state index contributed by atoms with van der Waals surface area (Å²) in [5.74, 6) is -2.13. The fourth-order valence-electron chi connectivity index (χ4n) is 3.15. The van der Waals surface area contributed by atoms with Crippen molar-refractivity contribution in [3.8, 4) is 17.2 Å².